The highest BCUT2D eigenvalue weighted by Gasteiger charge is 2.03. The van der Waals surface area contributed by atoms with Crippen molar-refractivity contribution in [3.63, 3.8) is 0 Å². The Hall–Kier alpha value is -0.900. The molecule has 0 aliphatic heterocycles. The molecule has 2 heterocycles. The van der Waals surface area contributed by atoms with Crippen LogP contribution in [-0.4, -0.2) is 14.8 Å². The van der Waals surface area contributed by atoms with Crippen LogP contribution in [0.4, 0.5) is 0 Å². The van der Waals surface area contributed by atoms with E-state index in [-0.39, 0.29) is 0 Å². The van der Waals surface area contributed by atoms with Crippen LogP contribution in [0.5, 0.6) is 0 Å². The fourth-order valence-corrected chi connectivity index (χ4v) is 1.57. The largest absolute Gasteiger partial charge is 0.270 e. The molecule has 4 heteroatoms. The Bertz CT molecular complexity index is 408. The van der Waals surface area contributed by atoms with Gasteiger partial charge in [-0.15, -0.1) is 0 Å². The molecule has 2 aromatic rings. The van der Waals surface area contributed by atoms with Gasteiger partial charge in [-0.2, -0.15) is 5.10 Å². The minimum absolute atomic E-state index is 0.822. The monoisotopic (exact) mass is 239 g/mol. The van der Waals surface area contributed by atoms with E-state index in [2.05, 4.69) is 39.0 Å². The minimum atomic E-state index is 0.822. The Labute approximate surface area is 84.9 Å². The van der Waals surface area contributed by atoms with Crippen molar-refractivity contribution in [1.82, 2.24) is 14.8 Å². The summed E-state index contributed by atoms with van der Waals surface area (Å²) in [5.41, 5.74) is 1.80. The summed E-state index contributed by atoms with van der Waals surface area (Å²) in [6, 6.07) is 2.05. The van der Waals surface area contributed by atoms with Crippen molar-refractivity contribution >= 4 is 27.0 Å². The van der Waals surface area contributed by atoms with Gasteiger partial charge >= 0.3 is 0 Å². The number of rotatable bonds is 1. The van der Waals surface area contributed by atoms with Gasteiger partial charge in [-0.3, -0.25) is 4.68 Å². The number of pyridine rings is 1. The Kier molecular flexibility index (Phi) is 2.07. The highest BCUT2D eigenvalue weighted by molar-refractivity contribution is 9.10. The van der Waals surface area contributed by atoms with E-state index >= 15 is 0 Å². The van der Waals surface area contributed by atoms with E-state index in [0.717, 1.165) is 27.7 Å². The maximum Gasteiger partial charge on any atom is 0.181 e. The first-order valence-electron chi connectivity index (χ1n) is 4.21. The van der Waals surface area contributed by atoms with Crippen LogP contribution in [0, 0.1) is 6.92 Å². The molecule has 3 nitrogen and oxygen atoms in total. The van der Waals surface area contributed by atoms with Crippen LogP contribution in [0.15, 0.2) is 16.7 Å². The predicted molar refractivity (Wildman–Crippen MR) is 55.6 cm³/mol. The second kappa shape index (κ2) is 3.10. The Balaban J connectivity index is 2.70. The molecule has 0 aliphatic carbocycles. The molecule has 13 heavy (non-hydrogen) atoms. The lowest BCUT2D eigenvalue weighted by atomic mass is 10.3. The maximum atomic E-state index is 4.36. The fourth-order valence-electron chi connectivity index (χ4n) is 1.23. The van der Waals surface area contributed by atoms with Gasteiger partial charge in [-0.1, -0.05) is 0 Å². The van der Waals surface area contributed by atoms with Crippen LogP contribution in [-0.2, 0) is 6.54 Å². The topological polar surface area (TPSA) is 30.7 Å². The van der Waals surface area contributed by atoms with Gasteiger partial charge in [0.1, 0.15) is 0 Å². The van der Waals surface area contributed by atoms with Crippen molar-refractivity contribution in [3.8, 4) is 0 Å². The van der Waals surface area contributed by atoms with Gasteiger partial charge in [-0.05, 0) is 35.8 Å². The summed E-state index contributed by atoms with van der Waals surface area (Å²) < 4.78 is 2.93. The second-order valence-electron chi connectivity index (χ2n) is 2.95. The molecule has 68 valence electrons. The van der Waals surface area contributed by atoms with E-state index < -0.39 is 0 Å². The fraction of sp³-hybridized carbons (Fsp3) is 0.333. The molecule has 0 N–H and O–H groups in total. The molecule has 0 atom stereocenters. The van der Waals surface area contributed by atoms with Gasteiger partial charge in [-0.25, -0.2) is 4.98 Å². The van der Waals surface area contributed by atoms with Crippen LogP contribution >= 0.6 is 15.9 Å². The zero-order valence-corrected chi connectivity index (χ0v) is 9.17. The SMILES string of the molecule is CCn1cc2cc(Br)c(C)nc2n1. The standard InChI is InChI=1S/C9H10BrN3/c1-3-13-5-7-4-8(10)6(2)11-9(7)12-13/h4-5H,3H2,1-2H3. The number of hydrogen-bond donors (Lipinski definition) is 0. The number of fused-ring (bicyclic) bond motifs is 1. The lowest BCUT2D eigenvalue weighted by molar-refractivity contribution is 0.665. The van der Waals surface area contributed by atoms with Crippen LogP contribution < -0.4 is 0 Å². The molecule has 0 aromatic carbocycles. The summed E-state index contributed by atoms with van der Waals surface area (Å²) in [7, 11) is 0. The van der Waals surface area contributed by atoms with Crippen molar-refractivity contribution in [2.75, 3.05) is 0 Å². The number of halogens is 1. The molecule has 0 saturated heterocycles. The number of hydrogen-bond acceptors (Lipinski definition) is 2. The lowest BCUT2D eigenvalue weighted by Gasteiger charge is -1.94. The molecule has 0 fully saturated rings. The van der Waals surface area contributed by atoms with Crippen LogP contribution in [0.3, 0.4) is 0 Å². The van der Waals surface area contributed by atoms with E-state index in [1.165, 1.54) is 0 Å². The van der Waals surface area contributed by atoms with E-state index in [1.807, 2.05) is 17.8 Å². The summed E-state index contributed by atoms with van der Waals surface area (Å²) in [6.45, 7) is 4.91. The van der Waals surface area contributed by atoms with E-state index in [0.29, 0.717) is 0 Å². The van der Waals surface area contributed by atoms with Crippen LogP contribution in [0.1, 0.15) is 12.6 Å². The predicted octanol–water partition coefficient (Wildman–Crippen LogP) is 2.52. The normalized spacial score (nSPS) is 11.0. The van der Waals surface area contributed by atoms with Crippen molar-refractivity contribution in [1.29, 1.82) is 0 Å². The molecule has 2 aromatic heterocycles. The van der Waals surface area contributed by atoms with Crippen molar-refractivity contribution in [3.05, 3.63) is 22.4 Å². The minimum Gasteiger partial charge on any atom is -0.270 e. The molecular weight excluding hydrogens is 230 g/mol. The average Bonchev–Trinajstić information content (AvgIpc) is 2.48. The first-order valence-corrected chi connectivity index (χ1v) is 5.00. The van der Waals surface area contributed by atoms with Gasteiger partial charge < -0.3 is 0 Å². The summed E-state index contributed by atoms with van der Waals surface area (Å²) >= 11 is 3.45. The number of aryl methyl sites for hydroxylation is 2. The van der Waals surface area contributed by atoms with Crippen molar-refractivity contribution in [2.24, 2.45) is 0 Å². The van der Waals surface area contributed by atoms with Crippen LogP contribution in [0.25, 0.3) is 11.0 Å². The molecule has 0 radical (unpaired) electrons. The first kappa shape index (κ1) is 8.69. The van der Waals surface area contributed by atoms with E-state index in [4.69, 9.17) is 0 Å². The molecule has 0 spiro atoms. The molecule has 0 saturated carbocycles. The highest BCUT2D eigenvalue weighted by atomic mass is 79.9. The smallest absolute Gasteiger partial charge is 0.181 e. The lowest BCUT2D eigenvalue weighted by Crippen LogP contribution is -1.93. The van der Waals surface area contributed by atoms with Crippen LogP contribution in [0.2, 0.25) is 0 Å². The third-order valence-corrected chi connectivity index (χ3v) is 2.80. The van der Waals surface area contributed by atoms with Crippen molar-refractivity contribution < 1.29 is 0 Å². The molecule has 2 rings (SSSR count). The first-order chi connectivity index (χ1) is 6.20. The highest BCUT2D eigenvalue weighted by Crippen LogP contribution is 2.19. The Morgan fingerprint density at radius 2 is 2.31 bits per heavy atom. The molecule has 0 aliphatic rings. The molecule has 0 bridgehead atoms. The van der Waals surface area contributed by atoms with Gasteiger partial charge in [0.2, 0.25) is 0 Å². The van der Waals surface area contributed by atoms with E-state index in [1.54, 1.807) is 0 Å². The molecule has 0 amide bonds. The van der Waals surface area contributed by atoms with Gasteiger partial charge in [0, 0.05) is 22.6 Å². The molecule has 0 unspecified atom stereocenters. The maximum absolute atomic E-state index is 4.36. The molecular formula is C9H10BrN3. The van der Waals surface area contributed by atoms with Gasteiger partial charge in [0.15, 0.2) is 5.65 Å². The summed E-state index contributed by atoms with van der Waals surface area (Å²) in [4.78, 5) is 4.36. The summed E-state index contributed by atoms with van der Waals surface area (Å²) in [5, 5.41) is 5.40. The van der Waals surface area contributed by atoms with Gasteiger partial charge in [0.05, 0.1) is 5.69 Å². The van der Waals surface area contributed by atoms with E-state index in [9.17, 15) is 0 Å². The quantitative estimate of drug-likeness (QED) is 0.766. The summed E-state index contributed by atoms with van der Waals surface area (Å²) in [6.07, 6.45) is 2.01. The number of aromatic nitrogens is 3. The summed E-state index contributed by atoms with van der Waals surface area (Å²) in [5.74, 6) is 0. The third kappa shape index (κ3) is 1.46. The van der Waals surface area contributed by atoms with Crippen molar-refractivity contribution in [2.45, 2.75) is 20.4 Å². The van der Waals surface area contributed by atoms with Gasteiger partial charge in [0.25, 0.3) is 0 Å². The average molecular weight is 240 g/mol. The number of nitrogens with zero attached hydrogens (tertiary/aromatic N) is 3. The Morgan fingerprint density at radius 3 is 3.00 bits per heavy atom. The zero-order chi connectivity index (χ0) is 9.42. The Morgan fingerprint density at radius 1 is 1.54 bits per heavy atom. The third-order valence-electron chi connectivity index (χ3n) is 1.99. The zero-order valence-electron chi connectivity index (χ0n) is 7.58. The second-order valence-corrected chi connectivity index (χ2v) is 3.81.